The summed E-state index contributed by atoms with van der Waals surface area (Å²) in [6, 6.07) is 11.9. The fourth-order valence-electron chi connectivity index (χ4n) is 3.21. The Bertz CT molecular complexity index is 958. The minimum Gasteiger partial charge on any atom is -0.493 e. The summed E-state index contributed by atoms with van der Waals surface area (Å²) < 4.78 is 36.4. The summed E-state index contributed by atoms with van der Waals surface area (Å²) in [4.78, 5) is 12.8. The highest BCUT2D eigenvalue weighted by atomic mass is 32.2. The van der Waals surface area contributed by atoms with Crippen molar-refractivity contribution in [2.45, 2.75) is 33.2 Å². The molecule has 30 heavy (non-hydrogen) atoms. The van der Waals surface area contributed by atoms with Gasteiger partial charge in [0.25, 0.3) is 5.91 Å². The summed E-state index contributed by atoms with van der Waals surface area (Å²) >= 11 is 0. The molecular formula is C22H30N2O5S. The van der Waals surface area contributed by atoms with Crippen molar-refractivity contribution in [3.63, 3.8) is 0 Å². The van der Waals surface area contributed by atoms with Crippen molar-refractivity contribution in [3.8, 4) is 11.5 Å². The van der Waals surface area contributed by atoms with Crippen molar-refractivity contribution in [3.05, 3.63) is 53.6 Å². The third kappa shape index (κ3) is 5.24. The van der Waals surface area contributed by atoms with Crippen LogP contribution in [-0.2, 0) is 10.0 Å². The van der Waals surface area contributed by atoms with Gasteiger partial charge in [-0.15, -0.1) is 0 Å². The highest BCUT2D eigenvalue weighted by Gasteiger charge is 2.20. The van der Waals surface area contributed by atoms with Crippen LogP contribution in [0, 0.1) is 0 Å². The van der Waals surface area contributed by atoms with E-state index in [1.807, 2.05) is 25.1 Å². The number of amides is 1. The molecule has 0 aromatic heterocycles. The average molecular weight is 435 g/mol. The predicted octanol–water partition coefficient (Wildman–Crippen LogP) is 3.76. The monoisotopic (exact) mass is 434 g/mol. The van der Waals surface area contributed by atoms with E-state index in [1.165, 1.54) is 4.31 Å². The topological polar surface area (TPSA) is 84.9 Å². The maximum Gasteiger partial charge on any atom is 0.251 e. The van der Waals surface area contributed by atoms with Gasteiger partial charge in [0.15, 0.2) is 11.5 Å². The summed E-state index contributed by atoms with van der Waals surface area (Å²) in [5.74, 6) is 1.01. The number of nitrogens with one attached hydrogen (secondary N) is 1. The van der Waals surface area contributed by atoms with Crippen molar-refractivity contribution in [1.29, 1.82) is 0 Å². The van der Waals surface area contributed by atoms with Gasteiger partial charge in [-0.05, 0) is 62.2 Å². The van der Waals surface area contributed by atoms with Gasteiger partial charge in [-0.3, -0.25) is 9.10 Å². The smallest absolute Gasteiger partial charge is 0.251 e. The van der Waals surface area contributed by atoms with Crippen LogP contribution in [0.15, 0.2) is 42.5 Å². The van der Waals surface area contributed by atoms with Gasteiger partial charge in [-0.2, -0.15) is 0 Å². The molecule has 164 valence electrons. The van der Waals surface area contributed by atoms with Crippen LogP contribution < -0.4 is 19.1 Å². The second-order valence-electron chi connectivity index (χ2n) is 6.66. The number of hydrogen-bond donors (Lipinski definition) is 1. The lowest BCUT2D eigenvalue weighted by atomic mass is 10.0. The van der Waals surface area contributed by atoms with E-state index in [2.05, 4.69) is 5.32 Å². The van der Waals surface area contributed by atoms with Gasteiger partial charge in [0.2, 0.25) is 10.0 Å². The Hall–Kier alpha value is -2.74. The van der Waals surface area contributed by atoms with E-state index in [1.54, 1.807) is 52.3 Å². The Balaban J connectivity index is 2.20. The molecule has 7 nitrogen and oxygen atoms in total. The van der Waals surface area contributed by atoms with Gasteiger partial charge in [0.05, 0.1) is 31.7 Å². The first-order chi connectivity index (χ1) is 14.3. The number of methoxy groups -OCH3 is 2. The van der Waals surface area contributed by atoms with Gasteiger partial charge < -0.3 is 14.8 Å². The maximum absolute atomic E-state index is 12.8. The Morgan fingerprint density at radius 3 is 2.13 bits per heavy atom. The summed E-state index contributed by atoms with van der Waals surface area (Å²) in [7, 11) is -0.212. The lowest BCUT2D eigenvalue weighted by molar-refractivity contribution is 0.0935. The number of sulfonamides is 1. The summed E-state index contributed by atoms with van der Waals surface area (Å²) in [5, 5.41) is 3.02. The Morgan fingerprint density at radius 1 is 1.00 bits per heavy atom. The normalized spacial score (nSPS) is 12.2. The molecule has 1 amide bonds. The number of hydrogen-bond acceptors (Lipinski definition) is 5. The average Bonchev–Trinajstić information content (AvgIpc) is 2.77. The minimum atomic E-state index is -3.36. The van der Waals surface area contributed by atoms with Crippen LogP contribution in [0.5, 0.6) is 11.5 Å². The summed E-state index contributed by atoms with van der Waals surface area (Å²) in [6.45, 7) is 5.71. The summed E-state index contributed by atoms with van der Waals surface area (Å²) in [5.41, 5.74) is 1.91. The van der Waals surface area contributed by atoms with Gasteiger partial charge >= 0.3 is 0 Å². The van der Waals surface area contributed by atoms with Crippen LogP contribution in [0.4, 0.5) is 5.69 Å². The van der Waals surface area contributed by atoms with Crippen molar-refractivity contribution in [2.24, 2.45) is 0 Å². The van der Waals surface area contributed by atoms with E-state index in [4.69, 9.17) is 9.47 Å². The lowest BCUT2D eigenvalue weighted by Gasteiger charge is -2.22. The SMILES string of the molecule is CC[C@@H](NC(=O)c1ccc(N(CC)S(=O)(=O)CC)cc1)c1ccc(OC)c(OC)c1. The van der Waals surface area contributed by atoms with E-state index in [0.29, 0.717) is 35.7 Å². The first-order valence-electron chi connectivity index (χ1n) is 9.94. The highest BCUT2D eigenvalue weighted by Crippen LogP contribution is 2.31. The number of anilines is 1. The molecule has 2 aromatic rings. The van der Waals surface area contributed by atoms with Crippen LogP contribution in [0.3, 0.4) is 0 Å². The van der Waals surface area contributed by atoms with E-state index >= 15 is 0 Å². The quantitative estimate of drug-likeness (QED) is 0.615. The van der Waals surface area contributed by atoms with E-state index < -0.39 is 10.0 Å². The van der Waals surface area contributed by atoms with Crippen LogP contribution in [0.25, 0.3) is 0 Å². The molecule has 0 heterocycles. The van der Waals surface area contributed by atoms with Crippen molar-refractivity contribution >= 4 is 21.6 Å². The molecule has 8 heteroatoms. The molecule has 0 aliphatic carbocycles. The minimum absolute atomic E-state index is 0.0204. The molecule has 2 rings (SSSR count). The third-order valence-corrected chi connectivity index (χ3v) is 6.80. The van der Waals surface area contributed by atoms with Crippen molar-refractivity contribution in [1.82, 2.24) is 5.32 Å². The number of benzene rings is 2. The summed E-state index contributed by atoms with van der Waals surface area (Å²) in [6.07, 6.45) is 0.692. The van der Waals surface area contributed by atoms with Crippen LogP contribution in [-0.4, -0.2) is 40.8 Å². The first kappa shape index (κ1) is 23.5. The van der Waals surface area contributed by atoms with E-state index in [9.17, 15) is 13.2 Å². The number of carbonyl (C=O) groups is 1. The Morgan fingerprint density at radius 2 is 1.63 bits per heavy atom. The molecule has 0 unspecified atom stereocenters. The molecule has 0 aliphatic rings. The molecule has 0 aliphatic heterocycles. The van der Waals surface area contributed by atoms with Crippen molar-refractivity contribution in [2.75, 3.05) is 30.8 Å². The number of carbonyl (C=O) groups excluding carboxylic acids is 1. The zero-order valence-corrected chi connectivity index (χ0v) is 19.0. The zero-order valence-electron chi connectivity index (χ0n) is 18.1. The predicted molar refractivity (Wildman–Crippen MR) is 119 cm³/mol. The highest BCUT2D eigenvalue weighted by molar-refractivity contribution is 7.92. The fraction of sp³-hybridized carbons (Fsp3) is 0.409. The van der Waals surface area contributed by atoms with E-state index in [-0.39, 0.29) is 17.7 Å². The fourth-order valence-corrected chi connectivity index (χ4v) is 4.36. The van der Waals surface area contributed by atoms with Crippen molar-refractivity contribution < 1.29 is 22.7 Å². The first-order valence-corrected chi connectivity index (χ1v) is 11.5. The number of nitrogens with zero attached hydrogens (tertiary/aromatic N) is 1. The maximum atomic E-state index is 12.8. The molecule has 1 atom stereocenters. The van der Waals surface area contributed by atoms with E-state index in [0.717, 1.165) is 5.56 Å². The molecule has 0 radical (unpaired) electrons. The standard InChI is InChI=1S/C22H30N2O5S/c1-6-19(17-11-14-20(28-4)21(15-17)29-5)23-22(25)16-9-12-18(13-10-16)24(7-2)30(26,27)8-3/h9-15,19H,6-8H2,1-5H3,(H,23,25)/t19-/m1/s1. The van der Waals surface area contributed by atoms with Crippen LogP contribution in [0.1, 0.15) is 49.2 Å². The molecular weight excluding hydrogens is 404 g/mol. The van der Waals surface area contributed by atoms with Gasteiger partial charge in [-0.25, -0.2) is 8.42 Å². The number of rotatable bonds is 10. The molecule has 0 spiro atoms. The lowest BCUT2D eigenvalue weighted by Crippen LogP contribution is -2.32. The largest absolute Gasteiger partial charge is 0.493 e. The number of ether oxygens (including phenoxy) is 2. The molecule has 0 bridgehead atoms. The third-order valence-electron chi connectivity index (χ3n) is 4.93. The molecule has 1 N–H and O–H groups in total. The van der Waals surface area contributed by atoms with Gasteiger partial charge in [0.1, 0.15) is 0 Å². The van der Waals surface area contributed by atoms with Crippen LogP contribution in [0.2, 0.25) is 0 Å². The van der Waals surface area contributed by atoms with Gasteiger partial charge in [0, 0.05) is 12.1 Å². The Kier molecular flexibility index (Phi) is 8.11. The zero-order chi connectivity index (χ0) is 22.3. The van der Waals surface area contributed by atoms with Crippen LogP contribution >= 0.6 is 0 Å². The molecule has 2 aromatic carbocycles. The van der Waals surface area contributed by atoms with Gasteiger partial charge in [-0.1, -0.05) is 13.0 Å². The Labute approximate surface area is 179 Å². The second-order valence-corrected chi connectivity index (χ2v) is 8.84. The molecule has 0 saturated carbocycles. The second kappa shape index (κ2) is 10.3. The molecule has 0 saturated heterocycles. The molecule has 0 fully saturated rings.